The number of nitrogens with zero attached hydrogens (tertiary/aromatic N) is 3. The van der Waals surface area contributed by atoms with Crippen LogP contribution in [0.3, 0.4) is 0 Å². The maximum atomic E-state index is 13.0. The molecule has 3 unspecified atom stereocenters. The zero-order valence-electron chi connectivity index (χ0n) is 21.0. The Morgan fingerprint density at radius 3 is 2.70 bits per heavy atom. The topological polar surface area (TPSA) is 97.2 Å². The number of hydrogen-bond donors (Lipinski definition) is 2. The third-order valence-corrected chi connectivity index (χ3v) is 8.03. The van der Waals surface area contributed by atoms with E-state index in [0.717, 1.165) is 28.3 Å². The molecule has 3 aromatic rings. The highest BCUT2D eigenvalue weighted by molar-refractivity contribution is 7.15. The number of hydrogen-bond acceptors (Lipinski definition) is 8. The van der Waals surface area contributed by atoms with Crippen molar-refractivity contribution in [1.82, 2.24) is 15.0 Å². The minimum absolute atomic E-state index is 0.0409. The van der Waals surface area contributed by atoms with Crippen molar-refractivity contribution in [1.29, 1.82) is 0 Å². The van der Waals surface area contributed by atoms with Crippen molar-refractivity contribution in [3.63, 3.8) is 0 Å². The number of benzene rings is 1. The molecular weight excluding hydrogens is 505 g/mol. The Labute approximate surface area is 217 Å². The number of carbonyl (C=O) groups excluding carboxylic acids is 1. The lowest BCUT2D eigenvalue weighted by atomic mass is 9.67. The van der Waals surface area contributed by atoms with Gasteiger partial charge in [0.05, 0.1) is 17.9 Å². The van der Waals surface area contributed by atoms with Crippen LogP contribution >= 0.6 is 11.3 Å². The van der Waals surface area contributed by atoms with Crippen LogP contribution in [0.1, 0.15) is 49.4 Å². The average molecular weight is 535 g/mol. The summed E-state index contributed by atoms with van der Waals surface area (Å²) in [6.07, 6.45) is -0.503. The molecule has 4 rings (SSSR count). The molecule has 1 aliphatic carbocycles. The number of carbonyl (C=O) groups is 1. The maximum absolute atomic E-state index is 13.0. The standard InChI is InChI=1S/C26H29F3N4O3S/c1-14(2)19-12-25(35,7-5-18(19)22(34)36-4)23-31-13-20(37-23)16-9-15(3)10-17(11-16)32-24-30-8-6-21(33-24)26(27,28)29/h6,8-11,13-14,18-19,35H,5,7,12H2,1-4H3,(H,30,32,33). The lowest BCUT2D eigenvalue weighted by Crippen LogP contribution is -2.42. The number of esters is 1. The van der Waals surface area contributed by atoms with Gasteiger partial charge in [0.2, 0.25) is 5.95 Å². The number of anilines is 2. The normalized spacial score (nSPS) is 22.2. The number of rotatable bonds is 6. The molecule has 198 valence electrons. The molecule has 2 heterocycles. The SMILES string of the molecule is COC(=O)C1CCC(O)(c2ncc(-c3cc(C)cc(Nc4nccc(C(F)(F)F)n4)c3)s2)CC1C(C)C. The molecule has 0 bridgehead atoms. The highest BCUT2D eigenvalue weighted by atomic mass is 32.1. The van der Waals surface area contributed by atoms with Gasteiger partial charge in [-0.25, -0.2) is 15.0 Å². The Bertz CT molecular complexity index is 1280. The first-order valence-corrected chi connectivity index (χ1v) is 12.8. The fraction of sp³-hybridized carbons (Fsp3) is 0.462. The fourth-order valence-electron chi connectivity index (χ4n) is 4.91. The summed E-state index contributed by atoms with van der Waals surface area (Å²) in [6, 6.07) is 6.32. The molecule has 0 radical (unpaired) electrons. The molecular formula is C26H29F3N4O3S. The second kappa shape index (κ2) is 10.4. The molecule has 1 fully saturated rings. The number of aliphatic hydroxyl groups is 1. The van der Waals surface area contributed by atoms with E-state index in [1.54, 1.807) is 18.3 Å². The van der Waals surface area contributed by atoms with Gasteiger partial charge in [-0.3, -0.25) is 4.79 Å². The third kappa shape index (κ3) is 5.93. The van der Waals surface area contributed by atoms with E-state index in [-0.39, 0.29) is 29.7 Å². The van der Waals surface area contributed by atoms with Gasteiger partial charge >= 0.3 is 12.1 Å². The summed E-state index contributed by atoms with van der Waals surface area (Å²) in [4.78, 5) is 25.1. The lowest BCUT2D eigenvalue weighted by Gasteiger charge is -2.41. The number of aromatic nitrogens is 3. The summed E-state index contributed by atoms with van der Waals surface area (Å²) in [5.41, 5.74) is 0.0185. The van der Waals surface area contributed by atoms with Crippen LogP contribution in [0.5, 0.6) is 0 Å². The molecule has 0 aliphatic heterocycles. The Morgan fingerprint density at radius 2 is 2.03 bits per heavy atom. The van der Waals surface area contributed by atoms with Gasteiger partial charge in [0.15, 0.2) is 0 Å². The molecule has 0 saturated heterocycles. The van der Waals surface area contributed by atoms with Gasteiger partial charge in [-0.15, -0.1) is 11.3 Å². The number of aryl methyl sites for hydroxylation is 1. The van der Waals surface area contributed by atoms with Crippen LogP contribution in [0.15, 0.2) is 36.7 Å². The monoisotopic (exact) mass is 534 g/mol. The predicted molar refractivity (Wildman–Crippen MR) is 134 cm³/mol. The lowest BCUT2D eigenvalue weighted by molar-refractivity contribution is -0.154. The van der Waals surface area contributed by atoms with Crippen molar-refractivity contribution in [3.05, 3.63) is 52.9 Å². The van der Waals surface area contributed by atoms with Gasteiger partial charge in [0.1, 0.15) is 16.3 Å². The van der Waals surface area contributed by atoms with Crippen molar-refractivity contribution in [2.45, 2.75) is 51.8 Å². The van der Waals surface area contributed by atoms with E-state index in [2.05, 4.69) is 20.3 Å². The molecule has 2 N–H and O–H groups in total. The molecule has 3 atom stereocenters. The quantitative estimate of drug-likeness (QED) is 0.369. The second-order valence-electron chi connectivity index (χ2n) is 9.82. The summed E-state index contributed by atoms with van der Waals surface area (Å²) < 4.78 is 44.1. The van der Waals surface area contributed by atoms with E-state index >= 15 is 0 Å². The Hall–Kier alpha value is -3.05. The summed E-state index contributed by atoms with van der Waals surface area (Å²) in [5.74, 6) is -0.523. The molecule has 37 heavy (non-hydrogen) atoms. The molecule has 0 amide bonds. The molecule has 1 aliphatic rings. The number of methoxy groups -OCH3 is 1. The highest BCUT2D eigenvalue weighted by Crippen LogP contribution is 2.47. The van der Waals surface area contributed by atoms with E-state index in [1.807, 2.05) is 26.8 Å². The zero-order chi connectivity index (χ0) is 27.0. The summed E-state index contributed by atoms with van der Waals surface area (Å²) >= 11 is 1.36. The number of alkyl halides is 3. The molecule has 7 nitrogen and oxygen atoms in total. The van der Waals surface area contributed by atoms with Gasteiger partial charge in [0.25, 0.3) is 0 Å². The Kier molecular flexibility index (Phi) is 7.57. The van der Waals surface area contributed by atoms with E-state index in [9.17, 15) is 23.1 Å². The number of nitrogens with one attached hydrogen (secondary N) is 1. The van der Waals surface area contributed by atoms with Gasteiger partial charge in [0, 0.05) is 18.1 Å². The van der Waals surface area contributed by atoms with Crippen LogP contribution in [0.2, 0.25) is 0 Å². The molecule has 2 aromatic heterocycles. The van der Waals surface area contributed by atoms with Crippen LogP contribution in [-0.2, 0) is 21.3 Å². The Morgan fingerprint density at radius 1 is 1.27 bits per heavy atom. The van der Waals surface area contributed by atoms with Gasteiger partial charge in [-0.1, -0.05) is 19.9 Å². The minimum Gasteiger partial charge on any atom is -0.469 e. The van der Waals surface area contributed by atoms with E-state index in [4.69, 9.17) is 4.74 Å². The average Bonchev–Trinajstić information content (AvgIpc) is 3.34. The molecule has 1 aromatic carbocycles. The minimum atomic E-state index is -4.57. The number of thiazole rings is 1. The highest BCUT2D eigenvalue weighted by Gasteiger charge is 2.46. The van der Waals surface area contributed by atoms with Crippen LogP contribution in [0.4, 0.5) is 24.8 Å². The largest absolute Gasteiger partial charge is 0.469 e. The number of ether oxygens (including phenoxy) is 1. The first-order valence-electron chi connectivity index (χ1n) is 12.0. The van der Waals surface area contributed by atoms with E-state index < -0.39 is 17.5 Å². The summed E-state index contributed by atoms with van der Waals surface area (Å²) in [6.45, 7) is 5.95. The predicted octanol–water partition coefficient (Wildman–Crippen LogP) is 6.10. The molecule has 11 heteroatoms. The Balaban J connectivity index is 1.58. The van der Waals surface area contributed by atoms with E-state index in [1.165, 1.54) is 18.4 Å². The van der Waals surface area contributed by atoms with Crippen molar-refractivity contribution < 1.29 is 27.8 Å². The van der Waals surface area contributed by atoms with Gasteiger partial charge in [-0.2, -0.15) is 13.2 Å². The van der Waals surface area contributed by atoms with E-state index in [0.29, 0.717) is 30.0 Å². The van der Waals surface area contributed by atoms with Crippen molar-refractivity contribution in [2.75, 3.05) is 12.4 Å². The summed E-state index contributed by atoms with van der Waals surface area (Å²) in [7, 11) is 1.39. The van der Waals surface area contributed by atoms with Gasteiger partial charge < -0.3 is 15.2 Å². The zero-order valence-corrected chi connectivity index (χ0v) is 21.8. The molecule has 0 spiro atoms. The van der Waals surface area contributed by atoms with Crippen molar-refractivity contribution in [2.24, 2.45) is 17.8 Å². The smallest absolute Gasteiger partial charge is 0.433 e. The number of halogens is 3. The van der Waals surface area contributed by atoms with Gasteiger partial charge in [-0.05, 0) is 67.3 Å². The maximum Gasteiger partial charge on any atom is 0.433 e. The van der Waals surface area contributed by atoms with Crippen molar-refractivity contribution >= 4 is 28.9 Å². The fourth-order valence-corrected chi connectivity index (χ4v) is 5.94. The van der Waals surface area contributed by atoms with Crippen LogP contribution in [0, 0.1) is 24.7 Å². The van der Waals surface area contributed by atoms with Crippen LogP contribution in [-0.4, -0.2) is 33.1 Å². The third-order valence-electron chi connectivity index (χ3n) is 6.79. The summed E-state index contributed by atoms with van der Waals surface area (Å²) in [5, 5.41) is 15.0. The first kappa shape index (κ1) is 27.0. The van der Waals surface area contributed by atoms with Crippen LogP contribution in [0.25, 0.3) is 10.4 Å². The first-order chi connectivity index (χ1) is 17.4. The van der Waals surface area contributed by atoms with Crippen molar-refractivity contribution in [3.8, 4) is 10.4 Å². The molecule has 1 saturated carbocycles. The van der Waals surface area contributed by atoms with Crippen LogP contribution < -0.4 is 5.32 Å². The second-order valence-corrected chi connectivity index (χ2v) is 10.8.